The Morgan fingerprint density at radius 3 is 2.41 bits per heavy atom. The minimum absolute atomic E-state index is 0.0617. The summed E-state index contributed by atoms with van der Waals surface area (Å²) in [5.41, 5.74) is -1.57. The average Bonchev–Trinajstić information content (AvgIpc) is 3.98. The molecule has 1 aromatic heterocycles. The van der Waals surface area contributed by atoms with Crippen molar-refractivity contribution in [2.75, 3.05) is 39.4 Å². The average molecular weight is 867 g/mol. The molecule has 0 spiro atoms. The number of allylic oxidation sites excluding steroid dienone is 2. The number of halogens is 3. The van der Waals surface area contributed by atoms with Gasteiger partial charge < -0.3 is 33.5 Å². The molecule has 3 atom stereocenters. The van der Waals surface area contributed by atoms with E-state index in [4.69, 9.17) is 28.9 Å². The van der Waals surface area contributed by atoms with Gasteiger partial charge in [0.15, 0.2) is 11.9 Å². The fourth-order valence-corrected chi connectivity index (χ4v) is 9.02. The van der Waals surface area contributed by atoms with Gasteiger partial charge in [-0.1, -0.05) is 24.3 Å². The van der Waals surface area contributed by atoms with Crippen molar-refractivity contribution in [3.05, 3.63) is 101 Å². The first-order valence-electron chi connectivity index (χ1n) is 20.2. The quantitative estimate of drug-likeness (QED) is 0.0874. The lowest BCUT2D eigenvalue weighted by atomic mass is 9.89. The zero-order valence-corrected chi connectivity index (χ0v) is 34.8. The van der Waals surface area contributed by atoms with Crippen molar-refractivity contribution < 1.29 is 51.2 Å². The first-order chi connectivity index (χ1) is 29.4. The lowest BCUT2D eigenvalue weighted by Crippen LogP contribution is -2.47. The summed E-state index contributed by atoms with van der Waals surface area (Å²) in [5, 5.41) is 11.9. The van der Waals surface area contributed by atoms with Gasteiger partial charge in [-0.3, -0.25) is 9.59 Å². The molecule has 4 heterocycles. The fourth-order valence-electron chi connectivity index (χ4n) is 7.66. The van der Waals surface area contributed by atoms with Gasteiger partial charge in [-0.05, 0) is 76.0 Å². The number of nitrogens with zero attached hydrogens (tertiary/aromatic N) is 6. The van der Waals surface area contributed by atoms with Crippen LogP contribution in [0.15, 0.2) is 67.3 Å². The molecule has 6 rings (SSSR count). The standard InChI is InChI=1S/C43H49F3N6O8S/c1-29(61-35-24-56-41(57-25-35)8-4-3-7-32-10-9-31(23-47)21-37(32)45)43(26-52-28-48-27-49-52,36-12-11-33(44)22-38(36)46)60-42(55)59-30(2)58-40(54)14-13-39(53)51-19-15-34(16-20-51)50-17-5-6-18-50/h3-4,7-12,21-22,27-30,34-35,41H,5-6,13-20,24-26H2,1-2H3/b7-3+,8-4+/t29-,30?,35?,41?,43-/m1/s1. The number of nitriles is 1. The number of esters is 1. The molecule has 0 radical (unpaired) electrons. The third-order valence-electron chi connectivity index (χ3n) is 10.8. The van der Waals surface area contributed by atoms with Gasteiger partial charge in [0, 0.05) is 54.9 Å². The van der Waals surface area contributed by atoms with E-state index in [1.165, 1.54) is 73.1 Å². The van der Waals surface area contributed by atoms with E-state index in [1.54, 1.807) is 30.1 Å². The SMILES string of the molecule is CC(OC(=O)CCC(=O)N1CCC(N2CCCC2)CC1)OC(=O)O[C@@](Cn1cncn1)(c1ccc(F)cc1F)[C@@H](C)SC1COC(/C=C/C=C/c2ccc(C#N)cc2F)OC1. The van der Waals surface area contributed by atoms with Crippen molar-refractivity contribution in [2.45, 2.75) is 93.6 Å². The van der Waals surface area contributed by atoms with Crippen LogP contribution in [0.25, 0.3) is 6.08 Å². The van der Waals surface area contributed by atoms with E-state index in [9.17, 15) is 23.2 Å². The molecule has 0 aliphatic carbocycles. The molecular weight excluding hydrogens is 818 g/mol. The van der Waals surface area contributed by atoms with Crippen LogP contribution >= 0.6 is 11.8 Å². The van der Waals surface area contributed by atoms with Gasteiger partial charge in [0.05, 0.1) is 43.1 Å². The number of carbonyl (C=O) groups is 3. The Hall–Kier alpha value is -5.22. The highest BCUT2D eigenvalue weighted by atomic mass is 32.2. The number of hydrogen-bond acceptors (Lipinski definition) is 13. The second kappa shape index (κ2) is 21.5. The van der Waals surface area contributed by atoms with Crippen LogP contribution in [0.4, 0.5) is 18.0 Å². The van der Waals surface area contributed by atoms with Gasteiger partial charge in [-0.2, -0.15) is 10.4 Å². The van der Waals surface area contributed by atoms with E-state index in [-0.39, 0.29) is 54.9 Å². The largest absolute Gasteiger partial charge is 0.512 e. The Bertz CT molecular complexity index is 2060. The summed E-state index contributed by atoms with van der Waals surface area (Å²) in [6.45, 7) is 6.51. The summed E-state index contributed by atoms with van der Waals surface area (Å²) < 4.78 is 74.1. The number of benzene rings is 2. The predicted molar refractivity (Wildman–Crippen MR) is 217 cm³/mol. The third kappa shape index (κ3) is 12.4. The topological polar surface area (TPSA) is 158 Å². The molecule has 0 N–H and O–H groups in total. The van der Waals surface area contributed by atoms with Crippen molar-refractivity contribution in [1.29, 1.82) is 5.26 Å². The van der Waals surface area contributed by atoms with E-state index in [1.807, 2.05) is 6.07 Å². The second-order valence-corrected chi connectivity index (χ2v) is 16.7. The number of piperidine rings is 1. The molecule has 3 aromatic rings. The Morgan fingerprint density at radius 2 is 1.74 bits per heavy atom. The zero-order chi connectivity index (χ0) is 43.4. The van der Waals surface area contributed by atoms with Crippen LogP contribution in [0.1, 0.15) is 69.1 Å². The second-order valence-electron chi connectivity index (χ2n) is 15.0. The molecule has 1 amide bonds. The van der Waals surface area contributed by atoms with Crippen molar-refractivity contribution in [2.24, 2.45) is 0 Å². The smallest absolute Gasteiger partial charge is 0.425 e. The van der Waals surface area contributed by atoms with Crippen LogP contribution in [0.2, 0.25) is 0 Å². The van der Waals surface area contributed by atoms with E-state index in [2.05, 4.69) is 15.0 Å². The molecule has 1 unspecified atom stereocenters. The maximum absolute atomic E-state index is 15.8. The number of amides is 1. The monoisotopic (exact) mass is 866 g/mol. The Labute approximate surface area is 356 Å². The van der Waals surface area contributed by atoms with E-state index in [0.29, 0.717) is 30.8 Å². The summed E-state index contributed by atoms with van der Waals surface area (Å²) in [5.74, 6) is -3.29. The van der Waals surface area contributed by atoms with Gasteiger partial charge in [0.1, 0.15) is 30.1 Å². The minimum atomic E-state index is -1.91. The van der Waals surface area contributed by atoms with Crippen LogP contribution in [0.3, 0.4) is 0 Å². The highest BCUT2D eigenvalue weighted by Crippen LogP contribution is 2.42. The number of thioether (sulfide) groups is 1. The van der Waals surface area contributed by atoms with Crippen molar-refractivity contribution in [3.63, 3.8) is 0 Å². The summed E-state index contributed by atoms with van der Waals surface area (Å²) in [4.78, 5) is 47.5. The highest BCUT2D eigenvalue weighted by molar-refractivity contribution is 8.00. The van der Waals surface area contributed by atoms with E-state index in [0.717, 1.165) is 38.1 Å². The van der Waals surface area contributed by atoms with Crippen LogP contribution in [-0.2, 0) is 45.4 Å². The van der Waals surface area contributed by atoms with Crippen molar-refractivity contribution in [3.8, 4) is 6.07 Å². The van der Waals surface area contributed by atoms with Crippen LogP contribution in [0, 0.1) is 28.8 Å². The number of ether oxygens (including phenoxy) is 5. The molecule has 0 bridgehead atoms. The molecule has 3 aliphatic rings. The molecule has 0 saturated carbocycles. The summed E-state index contributed by atoms with van der Waals surface area (Å²) in [6.07, 6.45) is 9.43. The van der Waals surface area contributed by atoms with Gasteiger partial charge in [0.25, 0.3) is 0 Å². The number of hydrogen-bond donors (Lipinski definition) is 0. The fraction of sp³-hybridized carbons (Fsp3) is 0.488. The number of likely N-dealkylation sites (tertiary alicyclic amines) is 2. The first kappa shape index (κ1) is 45.3. The summed E-state index contributed by atoms with van der Waals surface area (Å²) in [6, 6.07) is 9.42. The molecule has 18 heteroatoms. The van der Waals surface area contributed by atoms with Crippen LogP contribution in [0.5, 0.6) is 0 Å². The Morgan fingerprint density at radius 1 is 0.984 bits per heavy atom. The maximum atomic E-state index is 15.8. The molecule has 14 nitrogen and oxygen atoms in total. The number of aromatic nitrogens is 3. The lowest BCUT2D eigenvalue weighted by molar-refractivity contribution is -0.172. The molecule has 61 heavy (non-hydrogen) atoms. The van der Waals surface area contributed by atoms with Gasteiger partial charge >= 0.3 is 12.1 Å². The van der Waals surface area contributed by atoms with Gasteiger partial charge in [0.2, 0.25) is 12.2 Å². The molecule has 2 aromatic carbocycles. The number of carbonyl (C=O) groups excluding carboxylic acids is 3. The predicted octanol–water partition coefficient (Wildman–Crippen LogP) is 6.50. The van der Waals surface area contributed by atoms with Crippen molar-refractivity contribution in [1.82, 2.24) is 24.6 Å². The minimum Gasteiger partial charge on any atom is -0.425 e. The van der Waals surface area contributed by atoms with Gasteiger partial charge in [-0.25, -0.2) is 27.6 Å². The normalized spacial score (nSPS) is 20.9. The highest BCUT2D eigenvalue weighted by Gasteiger charge is 2.47. The third-order valence-corrected chi connectivity index (χ3v) is 12.3. The summed E-state index contributed by atoms with van der Waals surface area (Å²) in [7, 11) is 0. The van der Waals surface area contributed by atoms with Gasteiger partial charge in [-0.15, -0.1) is 11.8 Å². The lowest BCUT2D eigenvalue weighted by Gasteiger charge is -2.40. The van der Waals surface area contributed by atoms with Crippen molar-refractivity contribution >= 4 is 35.9 Å². The number of rotatable bonds is 16. The maximum Gasteiger partial charge on any atom is 0.512 e. The Balaban J connectivity index is 1.06. The Kier molecular flexibility index (Phi) is 16.0. The van der Waals surface area contributed by atoms with Crippen LogP contribution in [-0.4, -0.2) is 111 Å². The molecule has 3 saturated heterocycles. The molecule has 3 fully saturated rings. The molecule has 326 valence electrons. The zero-order valence-electron chi connectivity index (χ0n) is 34.0. The first-order valence-corrected chi connectivity index (χ1v) is 21.2. The molecular formula is C43H49F3N6O8S. The summed E-state index contributed by atoms with van der Waals surface area (Å²) >= 11 is 1.26. The van der Waals surface area contributed by atoms with E-state index < -0.39 is 53.0 Å². The van der Waals surface area contributed by atoms with Crippen LogP contribution < -0.4 is 0 Å². The molecule has 3 aliphatic heterocycles. The van der Waals surface area contributed by atoms with E-state index >= 15 is 4.39 Å².